The number of benzene rings is 2. The molecule has 0 amide bonds. The van der Waals surface area contributed by atoms with Crippen LogP contribution in [0.2, 0.25) is 0 Å². The number of ether oxygens (including phenoxy) is 1. The van der Waals surface area contributed by atoms with Gasteiger partial charge in [0.15, 0.2) is 6.29 Å². The Morgan fingerprint density at radius 3 is 2.57 bits per heavy atom. The van der Waals surface area contributed by atoms with Crippen LogP contribution < -0.4 is 0 Å². The molecule has 0 aliphatic heterocycles. The Balaban J connectivity index is 1.63. The van der Waals surface area contributed by atoms with Crippen molar-refractivity contribution in [3.05, 3.63) is 71.9 Å². The van der Waals surface area contributed by atoms with Crippen LogP contribution in [0.1, 0.15) is 15.9 Å². The van der Waals surface area contributed by atoms with Gasteiger partial charge >= 0.3 is 5.97 Å². The number of carbonyl (C=O) groups is 2. The van der Waals surface area contributed by atoms with E-state index in [1.54, 1.807) is 10.8 Å². The molecule has 0 fully saturated rings. The third-order valence-corrected chi connectivity index (χ3v) is 3.74. The third kappa shape index (κ3) is 3.48. The Hall–Kier alpha value is -2.88. The first-order chi connectivity index (χ1) is 11.3. The predicted octanol–water partition coefficient (Wildman–Crippen LogP) is 3.24. The Morgan fingerprint density at radius 2 is 1.78 bits per heavy atom. The molecule has 4 nitrogen and oxygen atoms in total. The summed E-state index contributed by atoms with van der Waals surface area (Å²) in [5.74, 6) is -0.306. The summed E-state index contributed by atoms with van der Waals surface area (Å²) in [7, 11) is 0. The van der Waals surface area contributed by atoms with Gasteiger partial charge < -0.3 is 9.30 Å². The van der Waals surface area contributed by atoms with Crippen molar-refractivity contribution in [1.82, 2.24) is 4.57 Å². The average molecular weight is 307 g/mol. The van der Waals surface area contributed by atoms with Gasteiger partial charge in [-0.3, -0.25) is 9.59 Å². The van der Waals surface area contributed by atoms with Crippen LogP contribution in [0.3, 0.4) is 0 Å². The van der Waals surface area contributed by atoms with Gasteiger partial charge in [0.1, 0.15) is 6.54 Å². The summed E-state index contributed by atoms with van der Waals surface area (Å²) in [5, 5.41) is 0.847. The van der Waals surface area contributed by atoms with E-state index in [0.29, 0.717) is 18.6 Å². The summed E-state index contributed by atoms with van der Waals surface area (Å²) in [6.07, 6.45) is 3.19. The molecule has 4 heteroatoms. The SMILES string of the molecule is O=Cc1cn(CC(=O)OCCc2ccccc2)c2ccccc12. The number of fused-ring (bicyclic) bond motifs is 1. The number of rotatable bonds is 6. The van der Waals surface area contributed by atoms with Crippen LogP contribution in [-0.4, -0.2) is 23.4 Å². The summed E-state index contributed by atoms with van der Waals surface area (Å²) in [6, 6.07) is 17.4. The zero-order chi connectivity index (χ0) is 16.1. The van der Waals surface area contributed by atoms with Crippen LogP contribution in [0.4, 0.5) is 0 Å². The first-order valence-electron chi connectivity index (χ1n) is 7.50. The van der Waals surface area contributed by atoms with Crippen molar-refractivity contribution < 1.29 is 14.3 Å². The van der Waals surface area contributed by atoms with Gasteiger partial charge in [-0.1, -0.05) is 48.5 Å². The number of hydrogen-bond acceptors (Lipinski definition) is 3. The lowest BCUT2D eigenvalue weighted by atomic mass is 10.2. The topological polar surface area (TPSA) is 48.3 Å². The summed E-state index contributed by atoms with van der Waals surface area (Å²) in [5.41, 5.74) is 2.57. The number of aldehydes is 1. The fraction of sp³-hybridized carbons (Fsp3) is 0.158. The summed E-state index contributed by atoms with van der Waals surface area (Å²) >= 11 is 0. The van der Waals surface area contributed by atoms with E-state index in [4.69, 9.17) is 4.74 Å². The molecule has 1 aromatic heterocycles. The predicted molar refractivity (Wildman–Crippen MR) is 88.4 cm³/mol. The molecule has 1 heterocycles. The van der Waals surface area contributed by atoms with Crippen LogP contribution >= 0.6 is 0 Å². The second-order valence-corrected chi connectivity index (χ2v) is 5.30. The minimum Gasteiger partial charge on any atom is -0.464 e. The van der Waals surface area contributed by atoms with Gasteiger partial charge in [-0.15, -0.1) is 0 Å². The van der Waals surface area contributed by atoms with E-state index in [9.17, 15) is 9.59 Å². The van der Waals surface area contributed by atoms with Gasteiger partial charge in [-0.05, 0) is 11.6 Å². The van der Waals surface area contributed by atoms with E-state index in [1.807, 2.05) is 54.6 Å². The van der Waals surface area contributed by atoms with Crippen LogP contribution in [-0.2, 0) is 22.5 Å². The molecule has 2 aromatic carbocycles. The van der Waals surface area contributed by atoms with Crippen LogP contribution in [0.5, 0.6) is 0 Å². The highest BCUT2D eigenvalue weighted by Gasteiger charge is 2.11. The Morgan fingerprint density at radius 1 is 1.04 bits per heavy atom. The highest BCUT2D eigenvalue weighted by atomic mass is 16.5. The van der Waals surface area contributed by atoms with Gasteiger partial charge in [0.25, 0.3) is 0 Å². The largest absolute Gasteiger partial charge is 0.464 e. The van der Waals surface area contributed by atoms with Gasteiger partial charge in [0, 0.05) is 29.1 Å². The number of para-hydroxylation sites is 1. The zero-order valence-electron chi connectivity index (χ0n) is 12.6. The van der Waals surface area contributed by atoms with Gasteiger partial charge in [-0.25, -0.2) is 0 Å². The highest BCUT2D eigenvalue weighted by molar-refractivity contribution is 5.98. The van der Waals surface area contributed by atoms with E-state index in [0.717, 1.165) is 22.8 Å². The van der Waals surface area contributed by atoms with Gasteiger partial charge in [0.2, 0.25) is 0 Å². The lowest BCUT2D eigenvalue weighted by molar-refractivity contribution is -0.144. The molecule has 0 atom stereocenters. The maximum absolute atomic E-state index is 12.0. The number of nitrogens with zero attached hydrogens (tertiary/aromatic N) is 1. The number of hydrogen-bond donors (Lipinski definition) is 0. The number of esters is 1. The normalized spacial score (nSPS) is 10.6. The molecule has 0 bridgehead atoms. The molecule has 0 saturated carbocycles. The van der Waals surface area contributed by atoms with E-state index >= 15 is 0 Å². The standard InChI is InChI=1S/C19H17NO3/c21-14-16-12-20(18-9-5-4-8-17(16)18)13-19(22)23-11-10-15-6-2-1-3-7-15/h1-9,12,14H,10-11,13H2. The van der Waals surface area contributed by atoms with Crippen molar-refractivity contribution in [3.63, 3.8) is 0 Å². The molecule has 116 valence electrons. The molecule has 23 heavy (non-hydrogen) atoms. The molecule has 3 rings (SSSR count). The number of carbonyl (C=O) groups excluding carboxylic acids is 2. The highest BCUT2D eigenvalue weighted by Crippen LogP contribution is 2.19. The molecule has 0 spiro atoms. The number of aromatic nitrogens is 1. The Labute approximate surface area is 134 Å². The minimum atomic E-state index is -0.306. The van der Waals surface area contributed by atoms with Gasteiger partial charge in [0.05, 0.1) is 6.61 Å². The summed E-state index contributed by atoms with van der Waals surface area (Å²) in [6.45, 7) is 0.450. The van der Waals surface area contributed by atoms with E-state index in [1.165, 1.54) is 0 Å². The molecular weight excluding hydrogens is 290 g/mol. The Kier molecular flexibility index (Phi) is 4.52. The second kappa shape index (κ2) is 6.92. The molecule has 0 aliphatic carbocycles. The molecule has 0 saturated heterocycles. The van der Waals surface area contributed by atoms with E-state index in [-0.39, 0.29) is 12.5 Å². The first kappa shape index (κ1) is 15.0. The van der Waals surface area contributed by atoms with Crippen molar-refractivity contribution in [2.45, 2.75) is 13.0 Å². The molecule has 0 radical (unpaired) electrons. The van der Waals surface area contributed by atoms with Crippen LogP contribution in [0, 0.1) is 0 Å². The summed E-state index contributed by atoms with van der Waals surface area (Å²) < 4.78 is 7.05. The minimum absolute atomic E-state index is 0.100. The smallest absolute Gasteiger partial charge is 0.325 e. The Bertz CT molecular complexity index is 821. The van der Waals surface area contributed by atoms with Crippen LogP contribution in [0.15, 0.2) is 60.8 Å². The van der Waals surface area contributed by atoms with Crippen molar-refractivity contribution in [1.29, 1.82) is 0 Å². The summed E-state index contributed by atoms with van der Waals surface area (Å²) in [4.78, 5) is 23.1. The molecule has 0 unspecified atom stereocenters. The second-order valence-electron chi connectivity index (χ2n) is 5.30. The average Bonchev–Trinajstić information content (AvgIpc) is 2.94. The van der Waals surface area contributed by atoms with Crippen molar-refractivity contribution in [2.24, 2.45) is 0 Å². The van der Waals surface area contributed by atoms with E-state index < -0.39 is 0 Å². The molecule has 3 aromatic rings. The zero-order valence-corrected chi connectivity index (χ0v) is 12.6. The quantitative estimate of drug-likeness (QED) is 0.519. The monoisotopic (exact) mass is 307 g/mol. The van der Waals surface area contributed by atoms with Crippen molar-refractivity contribution in [3.8, 4) is 0 Å². The maximum Gasteiger partial charge on any atom is 0.325 e. The lowest BCUT2D eigenvalue weighted by Gasteiger charge is -2.07. The van der Waals surface area contributed by atoms with Crippen molar-refractivity contribution >= 4 is 23.2 Å². The molecule has 0 N–H and O–H groups in total. The third-order valence-electron chi connectivity index (χ3n) is 3.74. The van der Waals surface area contributed by atoms with Crippen LogP contribution in [0.25, 0.3) is 10.9 Å². The maximum atomic E-state index is 12.0. The fourth-order valence-corrected chi connectivity index (χ4v) is 2.61. The lowest BCUT2D eigenvalue weighted by Crippen LogP contribution is -2.14. The van der Waals surface area contributed by atoms with E-state index in [2.05, 4.69) is 0 Å². The van der Waals surface area contributed by atoms with Crippen molar-refractivity contribution in [2.75, 3.05) is 6.61 Å². The molecule has 0 aliphatic rings. The van der Waals surface area contributed by atoms with Gasteiger partial charge in [-0.2, -0.15) is 0 Å². The molecular formula is C19H17NO3. The fourth-order valence-electron chi connectivity index (χ4n) is 2.61. The first-order valence-corrected chi connectivity index (χ1v) is 7.50.